The lowest BCUT2D eigenvalue weighted by Gasteiger charge is -2.12. The van der Waals surface area contributed by atoms with Gasteiger partial charge in [0.15, 0.2) is 5.76 Å². The molecule has 0 atom stereocenters. The maximum absolute atomic E-state index is 5.35. The van der Waals surface area contributed by atoms with Crippen molar-refractivity contribution in [3.05, 3.63) is 34.5 Å². The average Bonchev–Trinajstić information content (AvgIpc) is 2.72. The van der Waals surface area contributed by atoms with E-state index in [4.69, 9.17) is 4.52 Å². The molecule has 0 saturated heterocycles. The normalized spacial score (nSPS) is 14.3. The highest BCUT2D eigenvalue weighted by molar-refractivity contribution is 9.10. The Bertz CT molecular complexity index is 521. The Hall–Kier alpha value is -1.29. The van der Waals surface area contributed by atoms with Gasteiger partial charge in [0.2, 0.25) is 0 Å². The summed E-state index contributed by atoms with van der Waals surface area (Å²) >= 11 is 3.46. The van der Waals surface area contributed by atoms with Gasteiger partial charge < -0.3 is 9.84 Å². The molecular formula is C12H11BrN2O. The molecule has 0 fully saturated rings. The molecule has 1 aliphatic heterocycles. The van der Waals surface area contributed by atoms with Crippen LogP contribution < -0.4 is 5.32 Å². The van der Waals surface area contributed by atoms with Gasteiger partial charge in [-0.1, -0.05) is 33.2 Å². The van der Waals surface area contributed by atoms with Crippen LogP contribution in [0, 0.1) is 0 Å². The number of benzene rings is 1. The molecule has 2 heterocycles. The first kappa shape index (κ1) is 9.90. The van der Waals surface area contributed by atoms with Gasteiger partial charge in [-0.3, -0.25) is 0 Å². The molecule has 0 aliphatic carbocycles. The standard InChI is InChI=1S/C12H11BrN2O/c13-9-4-1-3-8(7-9)11-12-10(16-15-11)5-2-6-14-12/h1,3-4,7,14H,2,5-6H2. The van der Waals surface area contributed by atoms with Crippen LogP contribution in [0.2, 0.25) is 0 Å². The maximum atomic E-state index is 5.35. The van der Waals surface area contributed by atoms with E-state index in [1.54, 1.807) is 0 Å². The molecule has 1 N–H and O–H groups in total. The van der Waals surface area contributed by atoms with Crippen LogP contribution in [0.4, 0.5) is 5.69 Å². The lowest BCUT2D eigenvalue weighted by Crippen LogP contribution is -2.10. The van der Waals surface area contributed by atoms with Crippen molar-refractivity contribution in [2.45, 2.75) is 12.8 Å². The summed E-state index contributed by atoms with van der Waals surface area (Å²) in [5.74, 6) is 0.973. The summed E-state index contributed by atoms with van der Waals surface area (Å²) in [6.45, 7) is 0.995. The van der Waals surface area contributed by atoms with Crippen molar-refractivity contribution in [3.8, 4) is 11.3 Å². The molecule has 3 nitrogen and oxygen atoms in total. The highest BCUT2D eigenvalue weighted by Crippen LogP contribution is 2.34. The van der Waals surface area contributed by atoms with Crippen LogP contribution >= 0.6 is 15.9 Å². The van der Waals surface area contributed by atoms with Gasteiger partial charge in [-0.15, -0.1) is 0 Å². The Labute approximate surface area is 102 Å². The Morgan fingerprint density at radius 2 is 2.31 bits per heavy atom. The maximum Gasteiger partial charge on any atom is 0.160 e. The first-order valence-electron chi connectivity index (χ1n) is 5.33. The zero-order chi connectivity index (χ0) is 11.0. The molecule has 1 aromatic heterocycles. The number of rotatable bonds is 1. The molecular weight excluding hydrogens is 268 g/mol. The summed E-state index contributed by atoms with van der Waals surface area (Å²) in [5, 5.41) is 7.51. The fourth-order valence-electron chi connectivity index (χ4n) is 1.97. The number of aromatic nitrogens is 1. The molecule has 82 valence electrons. The molecule has 3 rings (SSSR count). The predicted octanol–water partition coefficient (Wildman–Crippen LogP) is 3.46. The number of hydrogen-bond donors (Lipinski definition) is 1. The third kappa shape index (κ3) is 1.63. The molecule has 0 bridgehead atoms. The third-order valence-corrected chi connectivity index (χ3v) is 3.24. The van der Waals surface area contributed by atoms with E-state index in [9.17, 15) is 0 Å². The zero-order valence-corrected chi connectivity index (χ0v) is 10.3. The lowest BCUT2D eigenvalue weighted by atomic mass is 10.1. The highest BCUT2D eigenvalue weighted by Gasteiger charge is 2.19. The fraction of sp³-hybridized carbons (Fsp3) is 0.250. The van der Waals surface area contributed by atoms with Crippen molar-refractivity contribution in [2.75, 3.05) is 11.9 Å². The molecule has 0 saturated carbocycles. The van der Waals surface area contributed by atoms with Crippen molar-refractivity contribution in [2.24, 2.45) is 0 Å². The summed E-state index contributed by atoms with van der Waals surface area (Å²) in [5.41, 5.74) is 3.05. The molecule has 1 aromatic carbocycles. The topological polar surface area (TPSA) is 38.1 Å². The minimum Gasteiger partial charge on any atom is -0.380 e. The van der Waals surface area contributed by atoms with Crippen molar-refractivity contribution in [3.63, 3.8) is 0 Å². The molecule has 16 heavy (non-hydrogen) atoms. The summed E-state index contributed by atoms with van der Waals surface area (Å²) in [4.78, 5) is 0. The van der Waals surface area contributed by atoms with Crippen LogP contribution in [0.5, 0.6) is 0 Å². The molecule has 0 radical (unpaired) electrons. The fourth-order valence-corrected chi connectivity index (χ4v) is 2.37. The van der Waals surface area contributed by atoms with Crippen LogP contribution in [0.3, 0.4) is 0 Å². The van der Waals surface area contributed by atoms with E-state index in [0.29, 0.717) is 0 Å². The average molecular weight is 279 g/mol. The van der Waals surface area contributed by atoms with E-state index in [-0.39, 0.29) is 0 Å². The number of nitrogens with one attached hydrogen (secondary N) is 1. The van der Waals surface area contributed by atoms with Gasteiger partial charge >= 0.3 is 0 Å². The van der Waals surface area contributed by atoms with Gasteiger partial charge in [0, 0.05) is 23.0 Å². The van der Waals surface area contributed by atoms with E-state index in [0.717, 1.165) is 46.6 Å². The number of halogens is 1. The van der Waals surface area contributed by atoms with E-state index < -0.39 is 0 Å². The van der Waals surface area contributed by atoms with Crippen molar-refractivity contribution >= 4 is 21.6 Å². The number of aryl methyl sites for hydroxylation is 1. The Morgan fingerprint density at radius 3 is 3.19 bits per heavy atom. The van der Waals surface area contributed by atoms with Gasteiger partial charge in [-0.05, 0) is 18.6 Å². The summed E-state index contributed by atoms with van der Waals surface area (Å²) < 4.78 is 6.41. The third-order valence-electron chi connectivity index (χ3n) is 2.74. The second kappa shape index (κ2) is 3.94. The summed E-state index contributed by atoms with van der Waals surface area (Å²) in [6.07, 6.45) is 2.09. The van der Waals surface area contributed by atoms with Gasteiger partial charge in [0.1, 0.15) is 11.4 Å². The summed E-state index contributed by atoms with van der Waals surface area (Å²) in [7, 11) is 0. The molecule has 4 heteroatoms. The van der Waals surface area contributed by atoms with Crippen LogP contribution in [-0.2, 0) is 6.42 Å². The molecule has 2 aromatic rings. The van der Waals surface area contributed by atoms with E-state index in [1.807, 2.05) is 18.2 Å². The lowest BCUT2D eigenvalue weighted by molar-refractivity contribution is 0.382. The van der Waals surface area contributed by atoms with Crippen molar-refractivity contribution < 1.29 is 4.52 Å². The minimum absolute atomic E-state index is 0.913. The van der Waals surface area contributed by atoms with Crippen molar-refractivity contribution in [1.82, 2.24) is 5.16 Å². The molecule has 0 unspecified atom stereocenters. The van der Waals surface area contributed by atoms with Gasteiger partial charge in [-0.25, -0.2) is 0 Å². The monoisotopic (exact) mass is 278 g/mol. The van der Waals surface area contributed by atoms with E-state index >= 15 is 0 Å². The van der Waals surface area contributed by atoms with E-state index in [1.165, 1.54) is 0 Å². The minimum atomic E-state index is 0.913. The summed E-state index contributed by atoms with van der Waals surface area (Å²) in [6, 6.07) is 8.10. The zero-order valence-electron chi connectivity index (χ0n) is 8.66. The number of nitrogens with zero attached hydrogens (tertiary/aromatic N) is 1. The van der Waals surface area contributed by atoms with Gasteiger partial charge in [-0.2, -0.15) is 0 Å². The van der Waals surface area contributed by atoms with Crippen LogP contribution in [0.15, 0.2) is 33.3 Å². The van der Waals surface area contributed by atoms with Crippen LogP contribution in [0.1, 0.15) is 12.2 Å². The number of anilines is 1. The van der Waals surface area contributed by atoms with Crippen molar-refractivity contribution in [1.29, 1.82) is 0 Å². The smallest absolute Gasteiger partial charge is 0.160 e. The first-order chi connectivity index (χ1) is 7.84. The number of hydrogen-bond acceptors (Lipinski definition) is 3. The largest absolute Gasteiger partial charge is 0.380 e. The van der Waals surface area contributed by atoms with Crippen LogP contribution in [-0.4, -0.2) is 11.7 Å². The molecule has 1 aliphatic rings. The second-order valence-corrected chi connectivity index (χ2v) is 4.79. The Kier molecular flexibility index (Phi) is 2.44. The SMILES string of the molecule is Brc1cccc(-c2noc3c2NCCC3)c1. The van der Waals surface area contributed by atoms with Crippen LogP contribution in [0.25, 0.3) is 11.3 Å². The van der Waals surface area contributed by atoms with E-state index in [2.05, 4.69) is 32.5 Å². The molecule has 0 amide bonds. The predicted molar refractivity (Wildman–Crippen MR) is 66.4 cm³/mol. The van der Waals surface area contributed by atoms with Gasteiger partial charge in [0.05, 0.1) is 0 Å². The number of fused-ring (bicyclic) bond motifs is 1. The quantitative estimate of drug-likeness (QED) is 0.868. The highest BCUT2D eigenvalue weighted by atomic mass is 79.9. The first-order valence-corrected chi connectivity index (χ1v) is 6.12. The Morgan fingerprint density at radius 1 is 1.38 bits per heavy atom. The second-order valence-electron chi connectivity index (χ2n) is 3.87. The van der Waals surface area contributed by atoms with Gasteiger partial charge in [0.25, 0.3) is 0 Å². The Balaban J connectivity index is 2.09. The molecule has 0 spiro atoms.